The minimum absolute atomic E-state index is 0.345. The number of amides is 2. The van der Waals surface area contributed by atoms with Crippen LogP contribution in [-0.4, -0.2) is 38.5 Å². The van der Waals surface area contributed by atoms with Gasteiger partial charge < -0.3 is 10.2 Å². The molecule has 0 bridgehead atoms. The van der Waals surface area contributed by atoms with Crippen molar-refractivity contribution in [2.75, 3.05) is 31.1 Å². The number of rotatable bonds is 6. The topological polar surface area (TPSA) is 61.4 Å². The number of hydrogen-bond donors (Lipinski definition) is 2. The van der Waals surface area contributed by atoms with Crippen molar-refractivity contribution in [3.63, 3.8) is 0 Å². The molecular weight excluding hydrogens is 285 g/mol. The van der Waals surface area contributed by atoms with Crippen molar-refractivity contribution in [3.8, 4) is 0 Å². The van der Waals surface area contributed by atoms with Crippen LogP contribution in [0.5, 0.6) is 0 Å². The third kappa shape index (κ3) is 3.82. The maximum absolute atomic E-state index is 14.5. The van der Waals surface area contributed by atoms with E-state index in [-0.39, 0.29) is 0 Å². The van der Waals surface area contributed by atoms with Crippen LogP contribution < -0.4 is 15.5 Å². The molecule has 6 heteroatoms. The normalized spacial score (nSPS) is 16.2. The van der Waals surface area contributed by atoms with E-state index in [1.807, 2.05) is 13.0 Å². The highest BCUT2D eigenvalue weighted by Crippen LogP contribution is 2.27. The summed E-state index contributed by atoms with van der Waals surface area (Å²) >= 11 is 0. The Labute approximate surface area is 129 Å². The summed E-state index contributed by atoms with van der Waals surface area (Å²) in [6.45, 7) is 5.35. The van der Waals surface area contributed by atoms with Crippen molar-refractivity contribution in [1.82, 2.24) is 10.6 Å². The minimum atomic E-state index is -0.632. The summed E-state index contributed by atoms with van der Waals surface area (Å²) in [4.78, 5) is 24.5. The van der Waals surface area contributed by atoms with E-state index < -0.39 is 17.6 Å². The molecule has 1 atom stereocenters. The molecule has 0 radical (unpaired) electrons. The first-order valence-corrected chi connectivity index (χ1v) is 7.66. The van der Waals surface area contributed by atoms with Gasteiger partial charge in [-0.2, -0.15) is 0 Å². The van der Waals surface area contributed by atoms with Gasteiger partial charge in [0.2, 0.25) is 12.3 Å². The smallest absolute Gasteiger partial charge is 0.233 e. The first kappa shape index (κ1) is 16.4. The van der Waals surface area contributed by atoms with Gasteiger partial charge in [0.05, 0.1) is 5.92 Å². The van der Waals surface area contributed by atoms with E-state index in [1.54, 1.807) is 6.07 Å². The van der Waals surface area contributed by atoms with Crippen LogP contribution in [0.25, 0.3) is 0 Å². The molecule has 1 heterocycles. The summed E-state index contributed by atoms with van der Waals surface area (Å²) in [7, 11) is 0. The molecule has 1 saturated heterocycles. The van der Waals surface area contributed by atoms with Gasteiger partial charge in [-0.25, -0.2) is 4.39 Å². The zero-order valence-corrected chi connectivity index (χ0v) is 12.8. The Bertz CT molecular complexity index is 530. The molecule has 1 aliphatic heterocycles. The molecule has 1 aromatic carbocycles. The van der Waals surface area contributed by atoms with Crippen LogP contribution in [-0.2, 0) is 9.59 Å². The van der Waals surface area contributed by atoms with Crippen LogP contribution in [0.4, 0.5) is 10.1 Å². The maximum atomic E-state index is 14.5. The lowest BCUT2D eigenvalue weighted by Crippen LogP contribution is -2.43. The summed E-state index contributed by atoms with van der Waals surface area (Å²) < 4.78 is 14.5. The lowest BCUT2D eigenvalue weighted by Gasteiger charge is -2.30. The Morgan fingerprint density at radius 3 is 2.77 bits per heavy atom. The quantitative estimate of drug-likeness (QED) is 0.780. The highest BCUT2D eigenvalue weighted by Gasteiger charge is 2.23. The van der Waals surface area contributed by atoms with E-state index in [2.05, 4.69) is 15.5 Å². The van der Waals surface area contributed by atoms with Gasteiger partial charge in [-0.1, -0.05) is 19.4 Å². The van der Waals surface area contributed by atoms with Gasteiger partial charge in [0.1, 0.15) is 5.82 Å². The monoisotopic (exact) mass is 307 g/mol. The average Bonchev–Trinajstić information content (AvgIpc) is 2.54. The predicted octanol–water partition coefficient (Wildman–Crippen LogP) is 1.39. The summed E-state index contributed by atoms with van der Waals surface area (Å²) in [6, 6.07) is 5.00. The molecular formula is C16H22FN3O2. The molecule has 2 amide bonds. The van der Waals surface area contributed by atoms with Gasteiger partial charge in [-0.05, 0) is 18.6 Å². The first-order valence-electron chi connectivity index (χ1n) is 7.66. The molecule has 0 aromatic heterocycles. The molecule has 0 saturated carbocycles. The van der Waals surface area contributed by atoms with Crippen LogP contribution in [0.1, 0.15) is 31.2 Å². The standard InChI is InChI=1S/C16H22FN3O2/c1-2-3-14(16(22)19-11-21)13-5-4-12(10-15(13)17)20-8-6-18-7-9-20/h4-5,10-11,14,18H,2-3,6-9H2,1H3,(H,19,21,22). The third-order valence-electron chi connectivity index (χ3n) is 3.94. The number of imide groups is 1. The van der Waals surface area contributed by atoms with Gasteiger partial charge in [0, 0.05) is 37.4 Å². The van der Waals surface area contributed by atoms with Gasteiger partial charge in [0.15, 0.2) is 0 Å². The second kappa shape index (κ2) is 7.89. The van der Waals surface area contributed by atoms with Crippen molar-refractivity contribution in [1.29, 1.82) is 0 Å². The number of nitrogens with zero attached hydrogens (tertiary/aromatic N) is 1. The number of nitrogens with one attached hydrogen (secondary N) is 2. The van der Waals surface area contributed by atoms with Crippen LogP contribution in [0.3, 0.4) is 0 Å². The molecule has 0 aliphatic carbocycles. The lowest BCUT2D eigenvalue weighted by atomic mass is 9.92. The number of piperazine rings is 1. The zero-order valence-electron chi connectivity index (χ0n) is 12.8. The van der Waals surface area contributed by atoms with Crippen molar-refractivity contribution in [2.45, 2.75) is 25.7 Å². The highest BCUT2D eigenvalue weighted by atomic mass is 19.1. The maximum Gasteiger partial charge on any atom is 0.233 e. The summed E-state index contributed by atoms with van der Waals surface area (Å²) in [5.74, 6) is -1.48. The largest absolute Gasteiger partial charge is 0.369 e. The van der Waals surface area contributed by atoms with Crippen molar-refractivity contribution < 1.29 is 14.0 Å². The first-order chi connectivity index (χ1) is 10.7. The number of anilines is 1. The zero-order chi connectivity index (χ0) is 15.9. The van der Waals surface area contributed by atoms with E-state index in [0.29, 0.717) is 18.4 Å². The summed E-state index contributed by atoms with van der Waals surface area (Å²) in [6.07, 6.45) is 1.58. The van der Waals surface area contributed by atoms with Crippen LogP contribution in [0.15, 0.2) is 18.2 Å². The third-order valence-corrected chi connectivity index (χ3v) is 3.94. The number of halogens is 1. The predicted molar refractivity (Wildman–Crippen MR) is 83.3 cm³/mol. The van der Waals surface area contributed by atoms with E-state index in [4.69, 9.17) is 0 Å². The number of hydrogen-bond acceptors (Lipinski definition) is 4. The van der Waals surface area contributed by atoms with E-state index >= 15 is 0 Å². The van der Waals surface area contributed by atoms with Crippen LogP contribution in [0.2, 0.25) is 0 Å². The van der Waals surface area contributed by atoms with Gasteiger partial charge in [0.25, 0.3) is 0 Å². The molecule has 0 spiro atoms. The second-order valence-electron chi connectivity index (χ2n) is 5.41. The van der Waals surface area contributed by atoms with Crippen LogP contribution >= 0.6 is 0 Å². The van der Waals surface area contributed by atoms with E-state index in [0.717, 1.165) is 38.3 Å². The molecule has 2 rings (SSSR count). The Morgan fingerprint density at radius 2 is 2.18 bits per heavy atom. The summed E-state index contributed by atoms with van der Waals surface area (Å²) in [5.41, 5.74) is 1.17. The highest BCUT2D eigenvalue weighted by molar-refractivity contribution is 5.91. The molecule has 2 N–H and O–H groups in total. The van der Waals surface area contributed by atoms with E-state index in [9.17, 15) is 14.0 Å². The Kier molecular flexibility index (Phi) is 5.89. The molecule has 1 unspecified atom stereocenters. The SMILES string of the molecule is CCCC(C(=O)NC=O)c1ccc(N2CCNCC2)cc1F. The Balaban J connectivity index is 2.22. The molecule has 5 nitrogen and oxygen atoms in total. The van der Waals surface area contributed by atoms with Gasteiger partial charge >= 0.3 is 0 Å². The number of carbonyl (C=O) groups is 2. The minimum Gasteiger partial charge on any atom is -0.369 e. The van der Waals surface area contributed by atoms with Crippen LogP contribution in [0, 0.1) is 5.82 Å². The average molecular weight is 307 g/mol. The van der Waals surface area contributed by atoms with Gasteiger partial charge in [-0.3, -0.25) is 14.9 Å². The fraction of sp³-hybridized carbons (Fsp3) is 0.500. The number of carbonyl (C=O) groups excluding carboxylic acids is 2. The fourth-order valence-electron chi connectivity index (χ4n) is 2.79. The molecule has 22 heavy (non-hydrogen) atoms. The molecule has 1 aromatic rings. The van der Waals surface area contributed by atoms with Crippen molar-refractivity contribution in [2.24, 2.45) is 0 Å². The van der Waals surface area contributed by atoms with Gasteiger partial charge in [-0.15, -0.1) is 0 Å². The number of benzene rings is 1. The Hall–Kier alpha value is -1.95. The molecule has 1 aliphatic rings. The van der Waals surface area contributed by atoms with Crippen molar-refractivity contribution in [3.05, 3.63) is 29.6 Å². The molecule has 120 valence electrons. The second-order valence-corrected chi connectivity index (χ2v) is 5.41. The summed E-state index contributed by atoms with van der Waals surface area (Å²) in [5, 5.41) is 5.38. The molecule has 1 fully saturated rings. The van der Waals surface area contributed by atoms with Crippen molar-refractivity contribution >= 4 is 18.0 Å². The lowest BCUT2D eigenvalue weighted by molar-refractivity contribution is -0.126. The Morgan fingerprint density at radius 1 is 1.45 bits per heavy atom. The van der Waals surface area contributed by atoms with E-state index in [1.165, 1.54) is 6.07 Å². The fourth-order valence-corrected chi connectivity index (χ4v) is 2.79.